The van der Waals surface area contributed by atoms with E-state index < -0.39 is 0 Å². The van der Waals surface area contributed by atoms with Crippen LogP contribution in [0.5, 0.6) is 5.75 Å². The molecule has 0 aliphatic rings. The number of nitrogens with zero attached hydrogens (tertiary/aromatic N) is 2. The standard InChI is InChI=1S/C16H23N3OS/c1-5-10-17-11-15-12(2)18-16(21-15)19(3)13-8-6-7-9-14(13)20-4/h6-9,17H,5,10-11H2,1-4H3. The van der Waals surface area contributed by atoms with Crippen LogP contribution in [-0.2, 0) is 6.54 Å². The molecule has 5 heteroatoms. The molecule has 0 aliphatic heterocycles. The number of benzene rings is 1. The van der Waals surface area contributed by atoms with Gasteiger partial charge < -0.3 is 15.0 Å². The number of thiazole rings is 1. The van der Waals surface area contributed by atoms with Gasteiger partial charge >= 0.3 is 0 Å². The fourth-order valence-corrected chi connectivity index (χ4v) is 3.11. The van der Waals surface area contributed by atoms with E-state index in [1.807, 2.05) is 31.3 Å². The molecular formula is C16H23N3OS. The zero-order valence-electron chi connectivity index (χ0n) is 13.1. The average molecular weight is 305 g/mol. The van der Waals surface area contributed by atoms with Gasteiger partial charge in [-0.1, -0.05) is 30.4 Å². The summed E-state index contributed by atoms with van der Waals surface area (Å²) >= 11 is 1.73. The number of aromatic nitrogens is 1. The van der Waals surface area contributed by atoms with Gasteiger partial charge in [-0.3, -0.25) is 0 Å². The van der Waals surface area contributed by atoms with Gasteiger partial charge in [0, 0.05) is 18.5 Å². The molecule has 0 saturated heterocycles. The highest BCUT2D eigenvalue weighted by Crippen LogP contribution is 2.35. The highest BCUT2D eigenvalue weighted by molar-refractivity contribution is 7.15. The molecule has 2 aromatic rings. The van der Waals surface area contributed by atoms with Crippen molar-refractivity contribution < 1.29 is 4.74 Å². The summed E-state index contributed by atoms with van der Waals surface area (Å²) in [5.41, 5.74) is 2.13. The van der Waals surface area contributed by atoms with Gasteiger partial charge in [-0.2, -0.15) is 0 Å². The molecule has 114 valence electrons. The highest BCUT2D eigenvalue weighted by Gasteiger charge is 2.15. The third-order valence-electron chi connectivity index (χ3n) is 3.33. The van der Waals surface area contributed by atoms with Crippen LogP contribution in [0.3, 0.4) is 0 Å². The Balaban J connectivity index is 2.19. The summed E-state index contributed by atoms with van der Waals surface area (Å²) in [6, 6.07) is 8.00. The van der Waals surface area contributed by atoms with E-state index in [4.69, 9.17) is 4.74 Å². The Bertz CT molecular complexity index is 583. The minimum Gasteiger partial charge on any atom is -0.495 e. The van der Waals surface area contributed by atoms with E-state index in [1.54, 1.807) is 18.4 Å². The lowest BCUT2D eigenvalue weighted by Gasteiger charge is -2.18. The number of methoxy groups -OCH3 is 1. The minimum atomic E-state index is 0.860. The first-order chi connectivity index (χ1) is 10.2. The van der Waals surface area contributed by atoms with Crippen molar-refractivity contribution in [2.45, 2.75) is 26.8 Å². The van der Waals surface area contributed by atoms with Crippen molar-refractivity contribution in [2.75, 3.05) is 25.6 Å². The molecule has 1 heterocycles. The number of hydrogen-bond donors (Lipinski definition) is 1. The van der Waals surface area contributed by atoms with Crippen molar-refractivity contribution in [3.63, 3.8) is 0 Å². The van der Waals surface area contributed by atoms with Crippen molar-refractivity contribution >= 4 is 22.2 Å². The van der Waals surface area contributed by atoms with Crippen LogP contribution >= 0.6 is 11.3 Å². The largest absolute Gasteiger partial charge is 0.495 e. The van der Waals surface area contributed by atoms with Gasteiger partial charge in [0.25, 0.3) is 0 Å². The van der Waals surface area contributed by atoms with Crippen LogP contribution in [0, 0.1) is 6.92 Å². The SMILES string of the molecule is CCCNCc1sc(N(C)c2ccccc2OC)nc1C. The van der Waals surface area contributed by atoms with Crippen LogP contribution in [0.1, 0.15) is 23.9 Å². The fourth-order valence-electron chi connectivity index (χ4n) is 2.11. The molecule has 0 radical (unpaired) electrons. The summed E-state index contributed by atoms with van der Waals surface area (Å²) in [4.78, 5) is 8.06. The zero-order chi connectivity index (χ0) is 15.2. The van der Waals surface area contributed by atoms with Gasteiger partial charge in [0.2, 0.25) is 0 Å². The second-order valence-electron chi connectivity index (χ2n) is 4.91. The normalized spacial score (nSPS) is 10.7. The molecular weight excluding hydrogens is 282 g/mol. The molecule has 0 atom stereocenters. The van der Waals surface area contributed by atoms with E-state index in [0.717, 1.165) is 41.8 Å². The zero-order valence-corrected chi connectivity index (χ0v) is 14.0. The Labute approximate surface area is 130 Å². The Hall–Kier alpha value is -1.59. The van der Waals surface area contributed by atoms with Crippen molar-refractivity contribution in [3.05, 3.63) is 34.8 Å². The van der Waals surface area contributed by atoms with E-state index in [1.165, 1.54) is 4.88 Å². The molecule has 1 N–H and O–H groups in total. The molecule has 1 aromatic carbocycles. The van der Waals surface area contributed by atoms with Crippen molar-refractivity contribution in [3.8, 4) is 5.75 Å². The number of ether oxygens (including phenoxy) is 1. The molecule has 0 bridgehead atoms. The monoisotopic (exact) mass is 305 g/mol. The Morgan fingerprint density at radius 1 is 1.33 bits per heavy atom. The van der Waals surface area contributed by atoms with E-state index in [9.17, 15) is 0 Å². The molecule has 0 aliphatic carbocycles. The first kappa shape index (κ1) is 15.8. The second-order valence-corrected chi connectivity index (χ2v) is 5.97. The summed E-state index contributed by atoms with van der Waals surface area (Å²) < 4.78 is 5.43. The van der Waals surface area contributed by atoms with Crippen LogP contribution in [-0.4, -0.2) is 25.7 Å². The predicted octanol–water partition coefficient (Wildman–Crippen LogP) is 3.73. The lowest BCUT2D eigenvalue weighted by atomic mass is 10.3. The maximum Gasteiger partial charge on any atom is 0.190 e. The Morgan fingerprint density at radius 2 is 2.10 bits per heavy atom. The number of anilines is 2. The molecule has 4 nitrogen and oxygen atoms in total. The van der Waals surface area contributed by atoms with Gasteiger partial charge in [-0.25, -0.2) is 4.98 Å². The molecule has 21 heavy (non-hydrogen) atoms. The third-order valence-corrected chi connectivity index (χ3v) is 4.56. The summed E-state index contributed by atoms with van der Waals surface area (Å²) in [6.45, 7) is 6.17. The van der Waals surface area contributed by atoms with Crippen LogP contribution in [0.15, 0.2) is 24.3 Å². The van der Waals surface area contributed by atoms with Gasteiger partial charge in [0.15, 0.2) is 5.13 Å². The molecule has 0 fully saturated rings. The van der Waals surface area contributed by atoms with E-state index >= 15 is 0 Å². The lowest BCUT2D eigenvalue weighted by molar-refractivity contribution is 0.415. The smallest absolute Gasteiger partial charge is 0.190 e. The van der Waals surface area contributed by atoms with E-state index in [2.05, 4.69) is 29.0 Å². The number of nitrogens with one attached hydrogen (secondary N) is 1. The first-order valence-corrected chi connectivity index (χ1v) is 8.02. The molecule has 0 amide bonds. The highest BCUT2D eigenvalue weighted by atomic mass is 32.1. The van der Waals surface area contributed by atoms with E-state index in [0.29, 0.717) is 0 Å². The molecule has 0 spiro atoms. The third kappa shape index (κ3) is 3.74. The topological polar surface area (TPSA) is 37.4 Å². The summed E-state index contributed by atoms with van der Waals surface area (Å²) in [5, 5.41) is 4.42. The lowest BCUT2D eigenvalue weighted by Crippen LogP contribution is -2.13. The Morgan fingerprint density at radius 3 is 2.81 bits per heavy atom. The quantitative estimate of drug-likeness (QED) is 0.791. The van der Waals surface area contributed by atoms with Gasteiger partial charge in [-0.15, -0.1) is 0 Å². The van der Waals surface area contributed by atoms with E-state index in [-0.39, 0.29) is 0 Å². The number of aryl methyl sites for hydroxylation is 1. The van der Waals surface area contributed by atoms with Crippen LogP contribution in [0.4, 0.5) is 10.8 Å². The predicted molar refractivity (Wildman–Crippen MR) is 89.9 cm³/mol. The number of para-hydroxylation sites is 2. The fraction of sp³-hybridized carbons (Fsp3) is 0.438. The summed E-state index contributed by atoms with van der Waals surface area (Å²) in [5.74, 6) is 0.860. The van der Waals surface area contributed by atoms with Gasteiger partial charge in [0.05, 0.1) is 18.5 Å². The number of hydrogen-bond acceptors (Lipinski definition) is 5. The maximum atomic E-state index is 5.43. The van der Waals surface area contributed by atoms with Crippen LogP contribution in [0.2, 0.25) is 0 Å². The van der Waals surface area contributed by atoms with Crippen molar-refractivity contribution in [2.24, 2.45) is 0 Å². The van der Waals surface area contributed by atoms with Crippen molar-refractivity contribution in [1.82, 2.24) is 10.3 Å². The first-order valence-electron chi connectivity index (χ1n) is 7.21. The molecule has 0 unspecified atom stereocenters. The minimum absolute atomic E-state index is 0.860. The number of rotatable bonds is 7. The van der Waals surface area contributed by atoms with Crippen LogP contribution in [0.25, 0.3) is 0 Å². The molecule has 2 rings (SSSR count). The second kappa shape index (κ2) is 7.43. The van der Waals surface area contributed by atoms with Crippen LogP contribution < -0.4 is 15.0 Å². The molecule has 0 saturated carbocycles. The molecule has 1 aromatic heterocycles. The maximum absolute atomic E-state index is 5.43. The van der Waals surface area contributed by atoms with Crippen molar-refractivity contribution in [1.29, 1.82) is 0 Å². The Kier molecular flexibility index (Phi) is 5.59. The van der Waals surface area contributed by atoms with Gasteiger partial charge in [-0.05, 0) is 32.0 Å². The van der Waals surface area contributed by atoms with Gasteiger partial charge in [0.1, 0.15) is 5.75 Å². The average Bonchev–Trinajstić information content (AvgIpc) is 2.88. The summed E-state index contributed by atoms with van der Waals surface area (Å²) in [7, 11) is 3.72. The summed E-state index contributed by atoms with van der Waals surface area (Å²) in [6.07, 6.45) is 1.14.